The van der Waals surface area contributed by atoms with Crippen LogP contribution in [0.2, 0.25) is 0 Å². The number of rotatable bonds is 2. The van der Waals surface area contributed by atoms with Crippen LogP contribution >= 0.6 is 23.2 Å². The van der Waals surface area contributed by atoms with E-state index in [1.54, 1.807) is 18.2 Å². The first kappa shape index (κ1) is 8.80. The molecule has 0 radical (unpaired) electrons. The van der Waals surface area contributed by atoms with Crippen LogP contribution in [-0.2, 0) is 0 Å². The van der Waals surface area contributed by atoms with Crippen molar-refractivity contribution in [2.45, 2.75) is 6.92 Å². The van der Waals surface area contributed by atoms with Gasteiger partial charge in [-0.3, -0.25) is 0 Å². The average molecular weight is 163 g/mol. The van der Waals surface area contributed by atoms with Crippen molar-refractivity contribution in [3.8, 4) is 0 Å². The van der Waals surface area contributed by atoms with Crippen LogP contribution in [0.1, 0.15) is 6.92 Å². The van der Waals surface area contributed by atoms with E-state index in [4.69, 9.17) is 23.2 Å². The van der Waals surface area contributed by atoms with Crippen molar-refractivity contribution in [1.29, 1.82) is 0 Å². The predicted octanol–water partition coefficient (Wildman–Crippen LogP) is 3.44. The number of hydrogen-bond donors (Lipinski definition) is 0. The summed E-state index contributed by atoms with van der Waals surface area (Å²) in [4.78, 5) is 0. The minimum Gasteiger partial charge on any atom is -0.0990 e. The zero-order chi connectivity index (χ0) is 7.28. The smallest absolute Gasteiger partial charge is 0.0588 e. The molecule has 0 aliphatic rings. The molecule has 2 heteroatoms. The molecule has 50 valence electrons. The summed E-state index contributed by atoms with van der Waals surface area (Å²) in [7, 11) is 0. The van der Waals surface area contributed by atoms with Gasteiger partial charge in [-0.1, -0.05) is 41.9 Å². The Morgan fingerprint density at radius 1 is 1.33 bits per heavy atom. The van der Waals surface area contributed by atoms with Gasteiger partial charge in [-0.25, -0.2) is 0 Å². The second kappa shape index (κ2) is 4.66. The molecule has 0 aromatic heterocycles. The topological polar surface area (TPSA) is 0 Å². The van der Waals surface area contributed by atoms with E-state index in [9.17, 15) is 0 Å². The van der Waals surface area contributed by atoms with Crippen molar-refractivity contribution in [3.63, 3.8) is 0 Å². The van der Waals surface area contributed by atoms with E-state index >= 15 is 0 Å². The van der Waals surface area contributed by atoms with Crippen LogP contribution in [0, 0.1) is 0 Å². The lowest BCUT2D eigenvalue weighted by atomic mass is 10.4. The maximum Gasteiger partial charge on any atom is 0.0588 e. The third-order valence-electron chi connectivity index (χ3n) is 0.746. The fourth-order valence-electron chi connectivity index (χ4n) is 0.321. The highest BCUT2D eigenvalue weighted by molar-refractivity contribution is 6.43. The highest BCUT2D eigenvalue weighted by atomic mass is 35.5. The standard InChI is InChI=1S/C7H8Cl2/c1-3-5-7(9)6(8)4-2/h3-5H,1H2,2H3/b6-4+,7-5+. The number of halogens is 2. The normalized spacial score (nSPS) is 13.7. The Hall–Kier alpha value is -0.200. The van der Waals surface area contributed by atoms with Crippen molar-refractivity contribution in [2.75, 3.05) is 0 Å². The first-order valence-electron chi connectivity index (χ1n) is 2.52. The van der Waals surface area contributed by atoms with Crippen LogP contribution in [0.15, 0.2) is 34.9 Å². The van der Waals surface area contributed by atoms with Crippen LogP contribution in [-0.4, -0.2) is 0 Å². The molecular formula is C7H8Cl2. The summed E-state index contributed by atoms with van der Waals surface area (Å²) in [5.74, 6) is 0. The van der Waals surface area contributed by atoms with Crippen molar-refractivity contribution < 1.29 is 0 Å². The summed E-state index contributed by atoms with van der Waals surface area (Å²) < 4.78 is 0. The van der Waals surface area contributed by atoms with Crippen LogP contribution < -0.4 is 0 Å². The monoisotopic (exact) mass is 162 g/mol. The molecule has 0 atom stereocenters. The van der Waals surface area contributed by atoms with Crippen molar-refractivity contribution >= 4 is 23.2 Å². The largest absolute Gasteiger partial charge is 0.0990 e. The SMILES string of the molecule is C=C/C=C(Cl)\C(Cl)=C/C. The number of hydrogen-bond acceptors (Lipinski definition) is 0. The molecular weight excluding hydrogens is 155 g/mol. The highest BCUT2D eigenvalue weighted by Crippen LogP contribution is 2.17. The Morgan fingerprint density at radius 2 is 1.89 bits per heavy atom. The van der Waals surface area contributed by atoms with Crippen molar-refractivity contribution in [1.82, 2.24) is 0 Å². The molecule has 0 heterocycles. The van der Waals surface area contributed by atoms with Gasteiger partial charge in [-0.05, 0) is 13.0 Å². The Kier molecular flexibility index (Phi) is 4.55. The summed E-state index contributed by atoms with van der Waals surface area (Å²) in [6.07, 6.45) is 4.96. The zero-order valence-corrected chi connectivity index (χ0v) is 6.71. The summed E-state index contributed by atoms with van der Waals surface area (Å²) in [5, 5.41) is 1.07. The van der Waals surface area contributed by atoms with Gasteiger partial charge in [0.2, 0.25) is 0 Å². The summed E-state index contributed by atoms with van der Waals surface area (Å²) in [5.41, 5.74) is 0. The molecule has 0 fully saturated rings. The van der Waals surface area contributed by atoms with E-state index < -0.39 is 0 Å². The van der Waals surface area contributed by atoms with E-state index in [1.165, 1.54) is 0 Å². The second-order valence-electron chi connectivity index (χ2n) is 1.39. The maximum atomic E-state index is 5.62. The molecule has 0 nitrogen and oxygen atoms in total. The summed E-state index contributed by atoms with van der Waals surface area (Å²) in [6.45, 7) is 5.29. The van der Waals surface area contributed by atoms with Crippen molar-refractivity contribution in [2.24, 2.45) is 0 Å². The van der Waals surface area contributed by atoms with Gasteiger partial charge in [-0.15, -0.1) is 0 Å². The Balaban J connectivity index is 4.19. The molecule has 0 aromatic carbocycles. The van der Waals surface area contributed by atoms with Crippen LogP contribution in [0.5, 0.6) is 0 Å². The third-order valence-corrected chi connectivity index (χ3v) is 1.59. The number of allylic oxidation sites excluding steroid dienone is 5. The van der Waals surface area contributed by atoms with Gasteiger partial charge in [0.15, 0.2) is 0 Å². The molecule has 9 heavy (non-hydrogen) atoms. The van der Waals surface area contributed by atoms with Crippen LogP contribution in [0.4, 0.5) is 0 Å². The molecule has 0 aromatic rings. The second-order valence-corrected chi connectivity index (χ2v) is 2.20. The lowest BCUT2D eigenvalue weighted by molar-refractivity contribution is 1.67. The molecule has 0 amide bonds. The van der Waals surface area contributed by atoms with Gasteiger partial charge >= 0.3 is 0 Å². The molecule has 0 N–H and O–H groups in total. The maximum absolute atomic E-state index is 5.62. The molecule has 0 rings (SSSR count). The van der Waals surface area contributed by atoms with Gasteiger partial charge in [-0.2, -0.15) is 0 Å². The zero-order valence-electron chi connectivity index (χ0n) is 5.20. The first-order valence-corrected chi connectivity index (χ1v) is 3.28. The summed E-state index contributed by atoms with van der Waals surface area (Å²) >= 11 is 11.2. The molecule has 0 unspecified atom stereocenters. The van der Waals surface area contributed by atoms with Gasteiger partial charge < -0.3 is 0 Å². The predicted molar refractivity (Wildman–Crippen MR) is 43.7 cm³/mol. The lowest BCUT2D eigenvalue weighted by Gasteiger charge is -1.89. The quantitative estimate of drug-likeness (QED) is 0.547. The Morgan fingerprint density at radius 3 is 2.22 bits per heavy atom. The third kappa shape index (κ3) is 3.39. The van der Waals surface area contributed by atoms with Crippen LogP contribution in [0.3, 0.4) is 0 Å². The average Bonchev–Trinajstić information content (AvgIpc) is 1.87. The first-order chi connectivity index (χ1) is 4.22. The van der Waals surface area contributed by atoms with Gasteiger partial charge in [0.1, 0.15) is 0 Å². The molecule has 0 saturated heterocycles. The molecule has 0 spiro atoms. The fourth-order valence-corrected chi connectivity index (χ4v) is 0.582. The van der Waals surface area contributed by atoms with Crippen LogP contribution in [0.25, 0.3) is 0 Å². The molecule has 0 aliphatic carbocycles. The van der Waals surface area contributed by atoms with E-state index in [-0.39, 0.29) is 0 Å². The Bertz CT molecular complexity index is 154. The minimum atomic E-state index is 0.522. The highest BCUT2D eigenvalue weighted by Gasteiger charge is 1.91. The van der Waals surface area contributed by atoms with E-state index in [1.807, 2.05) is 6.92 Å². The molecule has 0 saturated carbocycles. The van der Waals surface area contributed by atoms with E-state index in [0.29, 0.717) is 10.1 Å². The molecule has 0 bridgehead atoms. The van der Waals surface area contributed by atoms with E-state index in [0.717, 1.165) is 0 Å². The van der Waals surface area contributed by atoms with E-state index in [2.05, 4.69) is 6.58 Å². The van der Waals surface area contributed by atoms with Gasteiger partial charge in [0, 0.05) is 0 Å². The Labute approximate surface area is 65.5 Å². The van der Waals surface area contributed by atoms with Gasteiger partial charge in [0.25, 0.3) is 0 Å². The summed E-state index contributed by atoms with van der Waals surface area (Å²) in [6, 6.07) is 0. The fraction of sp³-hybridized carbons (Fsp3) is 0.143. The minimum absolute atomic E-state index is 0.522. The van der Waals surface area contributed by atoms with Gasteiger partial charge in [0.05, 0.1) is 10.1 Å². The van der Waals surface area contributed by atoms with Crippen molar-refractivity contribution in [3.05, 3.63) is 34.9 Å². The lowest BCUT2D eigenvalue weighted by Crippen LogP contribution is -1.67. The molecule has 0 aliphatic heterocycles.